The number of piperidine rings is 1. The highest BCUT2D eigenvalue weighted by Crippen LogP contribution is 2.40. The third kappa shape index (κ3) is 4.52. The average molecular weight is 549 g/mol. The van der Waals surface area contributed by atoms with E-state index in [4.69, 9.17) is 15.2 Å². The van der Waals surface area contributed by atoms with E-state index in [2.05, 4.69) is 33.7 Å². The fourth-order valence-electron chi connectivity index (χ4n) is 5.59. The highest BCUT2D eigenvalue weighted by atomic mass is 32.1. The van der Waals surface area contributed by atoms with Crippen LogP contribution in [-0.2, 0) is 11.2 Å². The van der Waals surface area contributed by atoms with E-state index in [-0.39, 0.29) is 11.9 Å². The number of benzene rings is 1. The van der Waals surface area contributed by atoms with E-state index in [1.54, 1.807) is 23.7 Å². The van der Waals surface area contributed by atoms with Gasteiger partial charge in [0.2, 0.25) is 5.91 Å². The van der Waals surface area contributed by atoms with Crippen LogP contribution >= 0.6 is 11.3 Å². The van der Waals surface area contributed by atoms with Gasteiger partial charge in [0.25, 0.3) is 0 Å². The standard InChI is InChI=1S/C31H28N6O2S/c32-31-30-24(14-27(39-30)26-19-40-28-17-33-11-8-23(26)28)25(16-34-31)21-15-35-37(18-21)22-9-12-36(13-10-22)29(38)7-6-20-4-2-1-3-5-20/h1-5,8,11,14-19,22H,6-7,9-10,12-13H2,(H2,32,34). The molecule has 2 N–H and O–H groups in total. The van der Waals surface area contributed by atoms with Crippen LogP contribution in [0.1, 0.15) is 30.9 Å². The van der Waals surface area contributed by atoms with Crippen molar-refractivity contribution < 1.29 is 9.21 Å². The SMILES string of the molecule is Nc1ncc(-c2cnn(C3CCN(C(=O)CCc4ccccc4)CC3)c2)c2cc(-c3csc4cnccc34)oc12. The minimum atomic E-state index is 0.226. The van der Waals surface area contributed by atoms with Gasteiger partial charge in [-0.05, 0) is 37.0 Å². The number of nitrogens with zero attached hydrogens (tertiary/aromatic N) is 5. The van der Waals surface area contributed by atoms with Crippen molar-refractivity contribution >= 4 is 44.1 Å². The fraction of sp³-hybridized carbons (Fsp3) is 0.226. The Kier molecular flexibility index (Phi) is 6.28. The van der Waals surface area contributed by atoms with Crippen molar-refractivity contribution in [2.24, 2.45) is 0 Å². The zero-order chi connectivity index (χ0) is 27.1. The van der Waals surface area contributed by atoms with E-state index >= 15 is 0 Å². The van der Waals surface area contributed by atoms with Crippen LogP contribution in [0.5, 0.6) is 0 Å². The van der Waals surface area contributed by atoms with Crippen LogP contribution in [-0.4, -0.2) is 43.6 Å². The molecule has 5 aromatic heterocycles. The number of pyridine rings is 2. The Morgan fingerprint density at radius 2 is 1.90 bits per heavy atom. The van der Waals surface area contributed by atoms with Crippen molar-refractivity contribution in [1.29, 1.82) is 0 Å². The number of aryl methyl sites for hydroxylation is 1. The number of furan rings is 1. The first-order valence-electron chi connectivity index (χ1n) is 13.5. The number of nitrogen functional groups attached to an aromatic ring is 1. The summed E-state index contributed by atoms with van der Waals surface area (Å²) in [5.74, 6) is 1.34. The normalized spacial score (nSPS) is 14.3. The summed E-state index contributed by atoms with van der Waals surface area (Å²) in [6.07, 6.45) is 12.5. The van der Waals surface area contributed by atoms with Gasteiger partial charge in [-0.2, -0.15) is 5.10 Å². The minimum absolute atomic E-state index is 0.226. The van der Waals surface area contributed by atoms with E-state index < -0.39 is 0 Å². The Labute approximate surface area is 235 Å². The van der Waals surface area contributed by atoms with Crippen LogP contribution in [0.15, 0.2) is 83.2 Å². The Morgan fingerprint density at radius 3 is 2.75 bits per heavy atom. The van der Waals surface area contributed by atoms with Gasteiger partial charge in [0.05, 0.1) is 16.9 Å². The molecule has 0 atom stereocenters. The van der Waals surface area contributed by atoms with Crippen molar-refractivity contribution in [3.8, 4) is 22.5 Å². The molecule has 1 amide bonds. The molecular formula is C31H28N6O2S. The summed E-state index contributed by atoms with van der Waals surface area (Å²) in [6.45, 7) is 1.49. The number of likely N-dealkylation sites (tertiary alicyclic amines) is 1. The summed E-state index contributed by atoms with van der Waals surface area (Å²) in [5, 5.41) is 8.81. The monoisotopic (exact) mass is 548 g/mol. The third-order valence-electron chi connectivity index (χ3n) is 7.81. The second-order valence-electron chi connectivity index (χ2n) is 10.2. The number of anilines is 1. The van der Waals surface area contributed by atoms with Gasteiger partial charge in [0.1, 0.15) is 5.76 Å². The maximum absolute atomic E-state index is 12.8. The predicted molar refractivity (Wildman–Crippen MR) is 158 cm³/mol. The number of fused-ring (bicyclic) bond motifs is 2. The van der Waals surface area contributed by atoms with Gasteiger partial charge in [0.15, 0.2) is 11.4 Å². The third-order valence-corrected chi connectivity index (χ3v) is 8.74. The summed E-state index contributed by atoms with van der Waals surface area (Å²) in [7, 11) is 0. The molecule has 6 aromatic rings. The Bertz CT molecular complexity index is 1810. The molecule has 0 aliphatic carbocycles. The summed E-state index contributed by atoms with van der Waals surface area (Å²) >= 11 is 1.64. The summed E-state index contributed by atoms with van der Waals surface area (Å²) in [5.41, 5.74) is 10.9. The van der Waals surface area contributed by atoms with Crippen molar-refractivity contribution in [1.82, 2.24) is 24.6 Å². The molecule has 0 radical (unpaired) electrons. The van der Waals surface area contributed by atoms with Crippen LogP contribution in [0.25, 0.3) is 43.5 Å². The second kappa shape index (κ2) is 10.2. The molecule has 1 aliphatic heterocycles. The van der Waals surface area contributed by atoms with Gasteiger partial charge in [-0.1, -0.05) is 30.3 Å². The van der Waals surface area contributed by atoms with Crippen LogP contribution in [0.4, 0.5) is 5.82 Å². The number of carbonyl (C=O) groups is 1. The van der Waals surface area contributed by atoms with Gasteiger partial charge >= 0.3 is 0 Å². The maximum Gasteiger partial charge on any atom is 0.222 e. The first kappa shape index (κ1) is 24.5. The smallest absolute Gasteiger partial charge is 0.222 e. The van der Waals surface area contributed by atoms with Crippen LogP contribution in [0, 0.1) is 0 Å². The molecule has 200 valence electrons. The highest BCUT2D eigenvalue weighted by molar-refractivity contribution is 7.17. The topological polar surface area (TPSA) is 103 Å². The lowest BCUT2D eigenvalue weighted by molar-refractivity contribution is -0.132. The van der Waals surface area contributed by atoms with Gasteiger partial charge in [0, 0.05) is 77.1 Å². The molecule has 6 heterocycles. The van der Waals surface area contributed by atoms with Gasteiger partial charge in [-0.3, -0.25) is 14.5 Å². The number of carbonyl (C=O) groups excluding carboxylic acids is 1. The predicted octanol–water partition coefficient (Wildman–Crippen LogP) is 6.35. The second-order valence-corrected chi connectivity index (χ2v) is 11.1. The largest absolute Gasteiger partial charge is 0.452 e. The van der Waals surface area contributed by atoms with Crippen molar-refractivity contribution in [2.45, 2.75) is 31.7 Å². The number of nitrogens with two attached hydrogens (primary N) is 1. The molecular weight excluding hydrogens is 520 g/mol. The Hall–Kier alpha value is -4.50. The summed E-state index contributed by atoms with van der Waals surface area (Å²) in [4.78, 5) is 23.4. The minimum Gasteiger partial charge on any atom is -0.452 e. The number of thiophene rings is 1. The molecule has 40 heavy (non-hydrogen) atoms. The number of hydrogen-bond acceptors (Lipinski definition) is 7. The van der Waals surface area contributed by atoms with Gasteiger partial charge in [-0.15, -0.1) is 11.3 Å². The molecule has 1 aliphatic rings. The van der Waals surface area contributed by atoms with Crippen LogP contribution in [0.2, 0.25) is 0 Å². The zero-order valence-corrected chi connectivity index (χ0v) is 22.7. The maximum atomic E-state index is 12.8. The van der Waals surface area contributed by atoms with E-state index in [1.165, 1.54) is 5.56 Å². The Morgan fingerprint density at radius 1 is 1.05 bits per heavy atom. The van der Waals surface area contributed by atoms with Gasteiger partial charge in [-0.25, -0.2) is 4.98 Å². The Balaban J connectivity index is 1.08. The molecule has 7 rings (SSSR count). The molecule has 1 saturated heterocycles. The number of rotatable bonds is 6. The van der Waals surface area contributed by atoms with Crippen molar-refractivity contribution in [3.63, 3.8) is 0 Å². The van der Waals surface area contributed by atoms with Crippen LogP contribution < -0.4 is 5.73 Å². The molecule has 1 aromatic carbocycles. The molecule has 1 fully saturated rings. The van der Waals surface area contributed by atoms with E-state index in [0.29, 0.717) is 17.8 Å². The van der Waals surface area contributed by atoms with Crippen molar-refractivity contribution in [2.75, 3.05) is 18.8 Å². The quantitative estimate of drug-likeness (QED) is 0.260. The van der Waals surface area contributed by atoms with E-state index in [1.807, 2.05) is 52.3 Å². The first-order chi connectivity index (χ1) is 19.6. The molecule has 0 unspecified atom stereocenters. The zero-order valence-electron chi connectivity index (χ0n) is 21.9. The van der Waals surface area contributed by atoms with Crippen molar-refractivity contribution in [3.05, 3.63) is 84.4 Å². The molecule has 9 heteroatoms. The number of amides is 1. The fourth-order valence-corrected chi connectivity index (χ4v) is 6.50. The summed E-state index contributed by atoms with van der Waals surface area (Å²) < 4.78 is 9.39. The number of hydrogen-bond donors (Lipinski definition) is 1. The highest BCUT2D eigenvalue weighted by Gasteiger charge is 2.25. The lowest BCUT2D eigenvalue weighted by Crippen LogP contribution is -2.39. The lowest BCUT2D eigenvalue weighted by Gasteiger charge is -2.32. The van der Waals surface area contributed by atoms with E-state index in [9.17, 15) is 4.79 Å². The molecule has 8 nitrogen and oxygen atoms in total. The lowest BCUT2D eigenvalue weighted by atomic mass is 10.0. The molecule has 0 saturated carbocycles. The number of aromatic nitrogens is 4. The average Bonchev–Trinajstić information content (AvgIpc) is 3.76. The summed E-state index contributed by atoms with van der Waals surface area (Å²) in [6, 6.07) is 14.5. The molecule has 0 bridgehead atoms. The first-order valence-corrected chi connectivity index (χ1v) is 14.4. The van der Waals surface area contributed by atoms with Crippen LogP contribution in [0.3, 0.4) is 0 Å². The van der Waals surface area contributed by atoms with E-state index in [0.717, 1.165) is 70.3 Å². The van der Waals surface area contributed by atoms with Gasteiger partial charge < -0.3 is 15.1 Å². The molecule has 0 spiro atoms.